The summed E-state index contributed by atoms with van der Waals surface area (Å²) in [5.74, 6) is 2.40. The molecule has 5 rings (SSSR count). The lowest BCUT2D eigenvalue weighted by Crippen LogP contribution is -2.21. The van der Waals surface area contributed by atoms with Crippen LogP contribution in [0, 0.1) is 0 Å². The van der Waals surface area contributed by atoms with Gasteiger partial charge in [-0.15, -0.1) is 5.10 Å². The molecule has 0 N–H and O–H groups in total. The number of benzene rings is 1. The van der Waals surface area contributed by atoms with Crippen molar-refractivity contribution >= 4 is 16.7 Å². The summed E-state index contributed by atoms with van der Waals surface area (Å²) in [5, 5.41) is 4.86. The first kappa shape index (κ1) is 17.6. The standard InChI is InChI=1S/C20H19N5O4/c1-27-12-18-22-20-21-10-14-15(25(20)23-18)5-6-24(19(14)26)11-13-3-4-16-17(9-13)29-8-2-7-28-16/h3-6,9-10H,2,7-8,11-12H2,1H3. The van der Waals surface area contributed by atoms with Gasteiger partial charge >= 0.3 is 0 Å². The number of hydrogen-bond acceptors (Lipinski definition) is 7. The topological polar surface area (TPSA) is 92.8 Å². The van der Waals surface area contributed by atoms with Crippen molar-refractivity contribution < 1.29 is 14.2 Å². The maximum absolute atomic E-state index is 13.0. The highest BCUT2D eigenvalue weighted by Gasteiger charge is 2.14. The summed E-state index contributed by atoms with van der Waals surface area (Å²) in [6, 6.07) is 7.60. The van der Waals surface area contributed by atoms with E-state index < -0.39 is 0 Å². The van der Waals surface area contributed by atoms with Crippen LogP contribution >= 0.6 is 0 Å². The van der Waals surface area contributed by atoms with Crippen LogP contribution in [0.2, 0.25) is 0 Å². The molecule has 0 spiro atoms. The SMILES string of the molecule is COCc1nc2ncc3c(=O)n(Cc4ccc5c(c4)OCCCO5)ccc3n2n1. The first-order valence-corrected chi connectivity index (χ1v) is 9.34. The molecule has 0 saturated heterocycles. The zero-order valence-electron chi connectivity index (χ0n) is 15.9. The molecule has 148 valence electrons. The Kier molecular flexibility index (Phi) is 4.36. The van der Waals surface area contributed by atoms with E-state index in [9.17, 15) is 4.79 Å². The van der Waals surface area contributed by atoms with E-state index in [4.69, 9.17) is 14.2 Å². The molecule has 0 bridgehead atoms. The zero-order valence-corrected chi connectivity index (χ0v) is 15.9. The largest absolute Gasteiger partial charge is 0.490 e. The van der Waals surface area contributed by atoms with Crippen molar-refractivity contribution in [1.29, 1.82) is 0 Å². The molecule has 29 heavy (non-hydrogen) atoms. The second-order valence-electron chi connectivity index (χ2n) is 6.81. The Morgan fingerprint density at radius 2 is 2.03 bits per heavy atom. The summed E-state index contributed by atoms with van der Waals surface area (Å²) in [5.41, 5.74) is 1.46. The van der Waals surface area contributed by atoms with E-state index in [-0.39, 0.29) is 12.2 Å². The molecule has 0 radical (unpaired) electrons. The Morgan fingerprint density at radius 1 is 1.17 bits per heavy atom. The Hall–Kier alpha value is -3.46. The van der Waals surface area contributed by atoms with Gasteiger partial charge in [0.05, 0.1) is 30.7 Å². The fourth-order valence-corrected chi connectivity index (χ4v) is 3.42. The lowest BCUT2D eigenvalue weighted by Gasteiger charge is -2.11. The molecule has 0 aliphatic carbocycles. The number of pyridine rings is 1. The van der Waals surface area contributed by atoms with Crippen molar-refractivity contribution in [3.63, 3.8) is 0 Å². The van der Waals surface area contributed by atoms with E-state index in [1.165, 1.54) is 0 Å². The molecule has 0 unspecified atom stereocenters. The van der Waals surface area contributed by atoms with Gasteiger partial charge in [-0.25, -0.2) is 4.98 Å². The molecule has 0 amide bonds. The van der Waals surface area contributed by atoms with E-state index in [1.807, 2.05) is 24.3 Å². The number of rotatable bonds is 4. The van der Waals surface area contributed by atoms with Gasteiger partial charge in [0.25, 0.3) is 11.3 Å². The fraction of sp³-hybridized carbons (Fsp3) is 0.300. The van der Waals surface area contributed by atoms with E-state index in [0.29, 0.717) is 48.0 Å². The third kappa shape index (κ3) is 3.19. The van der Waals surface area contributed by atoms with Gasteiger partial charge in [0, 0.05) is 25.9 Å². The molecule has 3 aromatic heterocycles. The van der Waals surface area contributed by atoms with E-state index >= 15 is 0 Å². The van der Waals surface area contributed by atoms with Crippen molar-refractivity contribution in [3.05, 3.63) is 58.4 Å². The van der Waals surface area contributed by atoms with Gasteiger partial charge in [-0.05, 0) is 23.8 Å². The average Bonchev–Trinajstić information content (AvgIpc) is 2.99. The lowest BCUT2D eigenvalue weighted by atomic mass is 10.2. The van der Waals surface area contributed by atoms with Crippen molar-refractivity contribution in [1.82, 2.24) is 24.1 Å². The Morgan fingerprint density at radius 3 is 2.90 bits per heavy atom. The molecular weight excluding hydrogens is 374 g/mol. The predicted octanol–water partition coefficient (Wildman–Crippen LogP) is 1.80. The van der Waals surface area contributed by atoms with Crippen LogP contribution in [0.1, 0.15) is 17.8 Å². The van der Waals surface area contributed by atoms with E-state index in [2.05, 4.69) is 15.1 Å². The van der Waals surface area contributed by atoms with Crippen molar-refractivity contribution in [3.8, 4) is 11.5 Å². The normalized spacial score (nSPS) is 13.7. The molecular formula is C20H19N5O4. The molecule has 9 heteroatoms. The minimum atomic E-state index is -0.146. The molecule has 1 aromatic carbocycles. The minimum absolute atomic E-state index is 0.146. The number of aromatic nitrogens is 5. The Labute approximate surface area is 165 Å². The average molecular weight is 393 g/mol. The molecule has 4 aromatic rings. The highest BCUT2D eigenvalue weighted by Crippen LogP contribution is 2.30. The van der Waals surface area contributed by atoms with Crippen LogP contribution in [-0.4, -0.2) is 44.5 Å². The Bertz CT molecular complexity index is 1260. The molecule has 0 fully saturated rings. The summed E-state index contributed by atoms with van der Waals surface area (Å²) in [6.45, 7) is 1.96. The second-order valence-corrected chi connectivity index (χ2v) is 6.81. The summed E-state index contributed by atoms with van der Waals surface area (Å²) >= 11 is 0. The summed E-state index contributed by atoms with van der Waals surface area (Å²) in [6.07, 6.45) is 4.15. The van der Waals surface area contributed by atoms with Gasteiger partial charge in [0.15, 0.2) is 17.3 Å². The van der Waals surface area contributed by atoms with Gasteiger partial charge in [-0.1, -0.05) is 6.07 Å². The predicted molar refractivity (Wildman–Crippen MR) is 104 cm³/mol. The highest BCUT2D eigenvalue weighted by atomic mass is 16.5. The minimum Gasteiger partial charge on any atom is -0.490 e. The Balaban J connectivity index is 1.52. The van der Waals surface area contributed by atoms with Crippen molar-refractivity contribution in [2.45, 2.75) is 19.6 Å². The van der Waals surface area contributed by atoms with Gasteiger partial charge in [-0.2, -0.15) is 9.50 Å². The first-order chi connectivity index (χ1) is 14.2. The van der Waals surface area contributed by atoms with Crippen LogP contribution < -0.4 is 15.0 Å². The first-order valence-electron chi connectivity index (χ1n) is 9.34. The number of nitrogens with zero attached hydrogens (tertiary/aromatic N) is 5. The highest BCUT2D eigenvalue weighted by molar-refractivity contribution is 5.78. The van der Waals surface area contributed by atoms with E-state index in [1.54, 1.807) is 28.6 Å². The number of methoxy groups -OCH3 is 1. The van der Waals surface area contributed by atoms with Crippen LogP contribution in [0.25, 0.3) is 16.7 Å². The summed E-state index contributed by atoms with van der Waals surface area (Å²) < 4.78 is 19.7. The zero-order chi connectivity index (χ0) is 19.8. The maximum atomic E-state index is 13.0. The quantitative estimate of drug-likeness (QED) is 0.522. The van der Waals surface area contributed by atoms with Crippen LogP contribution in [0.15, 0.2) is 41.5 Å². The lowest BCUT2D eigenvalue weighted by molar-refractivity contribution is 0.178. The fourth-order valence-electron chi connectivity index (χ4n) is 3.42. The van der Waals surface area contributed by atoms with Crippen LogP contribution in [0.3, 0.4) is 0 Å². The molecule has 0 saturated carbocycles. The summed E-state index contributed by atoms with van der Waals surface area (Å²) in [4.78, 5) is 21.6. The van der Waals surface area contributed by atoms with Gasteiger partial charge < -0.3 is 18.8 Å². The molecule has 0 atom stereocenters. The molecule has 4 heterocycles. The van der Waals surface area contributed by atoms with Crippen LogP contribution in [0.5, 0.6) is 11.5 Å². The van der Waals surface area contributed by atoms with Gasteiger partial charge in [-0.3, -0.25) is 4.79 Å². The summed E-state index contributed by atoms with van der Waals surface area (Å²) in [7, 11) is 1.58. The smallest absolute Gasteiger partial charge is 0.261 e. The maximum Gasteiger partial charge on any atom is 0.261 e. The molecule has 1 aliphatic rings. The number of hydrogen-bond donors (Lipinski definition) is 0. The van der Waals surface area contributed by atoms with Crippen molar-refractivity contribution in [2.75, 3.05) is 20.3 Å². The van der Waals surface area contributed by atoms with Crippen molar-refractivity contribution in [2.24, 2.45) is 0 Å². The van der Waals surface area contributed by atoms with Crippen LogP contribution in [-0.2, 0) is 17.9 Å². The third-order valence-electron chi connectivity index (χ3n) is 4.79. The van der Waals surface area contributed by atoms with Crippen LogP contribution in [0.4, 0.5) is 0 Å². The molecule has 1 aliphatic heterocycles. The van der Waals surface area contributed by atoms with Gasteiger partial charge in [0.1, 0.15) is 6.61 Å². The second kappa shape index (κ2) is 7.17. The van der Waals surface area contributed by atoms with E-state index in [0.717, 1.165) is 17.7 Å². The monoisotopic (exact) mass is 393 g/mol. The third-order valence-corrected chi connectivity index (χ3v) is 4.79. The number of ether oxygens (including phenoxy) is 3. The number of fused-ring (bicyclic) bond motifs is 4. The van der Waals surface area contributed by atoms with Gasteiger partial charge in [0.2, 0.25) is 0 Å². The molecule has 9 nitrogen and oxygen atoms in total.